The number of hydrogen-bond acceptors (Lipinski definition) is 4. The van der Waals surface area contributed by atoms with E-state index in [1.807, 2.05) is 36.1 Å². The van der Waals surface area contributed by atoms with Crippen LogP contribution in [0.1, 0.15) is 24.8 Å². The molecule has 0 radical (unpaired) electrons. The van der Waals surface area contributed by atoms with Crippen LogP contribution in [0.3, 0.4) is 0 Å². The summed E-state index contributed by atoms with van der Waals surface area (Å²) in [5.41, 5.74) is 1.93. The molecule has 0 aliphatic carbocycles. The predicted molar refractivity (Wildman–Crippen MR) is 112 cm³/mol. The molecule has 1 aromatic rings. The van der Waals surface area contributed by atoms with E-state index in [0.29, 0.717) is 38.6 Å². The number of anilines is 1. The molecule has 0 saturated carbocycles. The van der Waals surface area contributed by atoms with Gasteiger partial charge in [-0.25, -0.2) is 4.79 Å². The van der Waals surface area contributed by atoms with Crippen LogP contribution < -0.4 is 16.0 Å². The Balaban J connectivity index is 0.00000280. The smallest absolute Gasteiger partial charge is 0.319 e. The molecule has 0 spiro atoms. The minimum atomic E-state index is -0.203. The van der Waals surface area contributed by atoms with Crippen molar-refractivity contribution in [1.29, 1.82) is 0 Å². The number of morpholine rings is 1. The lowest BCUT2D eigenvalue weighted by Crippen LogP contribution is -2.48. The van der Waals surface area contributed by atoms with E-state index >= 15 is 0 Å². The number of nitrogens with one attached hydrogen (secondary N) is 3. The molecule has 2 heterocycles. The highest BCUT2D eigenvalue weighted by atomic mass is 35.5. The zero-order valence-electron chi connectivity index (χ0n) is 16.4. The molecule has 0 aromatic heterocycles. The summed E-state index contributed by atoms with van der Waals surface area (Å²) in [6.07, 6.45) is 2.49. The average molecular weight is 411 g/mol. The van der Waals surface area contributed by atoms with Crippen LogP contribution in [0, 0.1) is 12.8 Å². The summed E-state index contributed by atoms with van der Waals surface area (Å²) in [5.74, 6) is 0.467. The minimum Gasteiger partial charge on any atom is -0.378 e. The van der Waals surface area contributed by atoms with Crippen LogP contribution in [0.4, 0.5) is 10.5 Å². The molecule has 0 bridgehead atoms. The fourth-order valence-corrected chi connectivity index (χ4v) is 3.60. The maximum absolute atomic E-state index is 12.5. The molecule has 2 unspecified atom stereocenters. The fraction of sp³-hybridized carbons (Fsp3) is 0.600. The van der Waals surface area contributed by atoms with Crippen LogP contribution in [0.2, 0.25) is 0 Å². The minimum absolute atomic E-state index is 0. The van der Waals surface area contributed by atoms with Crippen LogP contribution >= 0.6 is 12.4 Å². The highest BCUT2D eigenvalue weighted by Gasteiger charge is 2.26. The van der Waals surface area contributed by atoms with E-state index in [9.17, 15) is 9.59 Å². The van der Waals surface area contributed by atoms with Gasteiger partial charge in [0.25, 0.3) is 0 Å². The number of aryl methyl sites for hydroxylation is 1. The zero-order chi connectivity index (χ0) is 19.1. The van der Waals surface area contributed by atoms with Crippen LogP contribution in [0.15, 0.2) is 24.3 Å². The second-order valence-electron chi connectivity index (χ2n) is 7.48. The molecule has 156 valence electrons. The molecule has 7 nitrogen and oxygen atoms in total. The Labute approximate surface area is 173 Å². The number of rotatable bonds is 5. The quantitative estimate of drug-likeness (QED) is 0.694. The molecule has 2 fully saturated rings. The number of carbonyl (C=O) groups is 2. The molecule has 2 aliphatic heterocycles. The predicted octanol–water partition coefficient (Wildman–Crippen LogP) is 2.16. The first kappa shape index (κ1) is 22.5. The largest absolute Gasteiger partial charge is 0.378 e. The second-order valence-corrected chi connectivity index (χ2v) is 7.48. The first-order valence-corrected chi connectivity index (χ1v) is 9.80. The summed E-state index contributed by atoms with van der Waals surface area (Å²) >= 11 is 0. The summed E-state index contributed by atoms with van der Waals surface area (Å²) in [6.45, 7) is 6.22. The second kappa shape index (κ2) is 11.2. The van der Waals surface area contributed by atoms with Crippen LogP contribution in [0.5, 0.6) is 0 Å². The van der Waals surface area contributed by atoms with Gasteiger partial charge >= 0.3 is 6.03 Å². The number of amides is 3. The highest BCUT2D eigenvalue weighted by Crippen LogP contribution is 2.17. The van der Waals surface area contributed by atoms with Gasteiger partial charge in [-0.15, -0.1) is 12.4 Å². The van der Waals surface area contributed by atoms with E-state index in [0.717, 1.165) is 37.2 Å². The molecule has 3 rings (SSSR count). The standard InChI is InChI=1S/C20H30N4O3.ClH/c1-15-4-6-17(7-5-15)23-20(26)22-12-16-3-2-9-24(13-16)19(25)11-18-14-27-10-8-21-18;/h4-7,16,18,21H,2-3,8-14H2,1H3,(H2,22,23,26);1H. The van der Waals surface area contributed by atoms with Crippen molar-refractivity contribution in [2.45, 2.75) is 32.2 Å². The number of hydrogen-bond donors (Lipinski definition) is 3. The van der Waals surface area contributed by atoms with Gasteiger partial charge in [0.2, 0.25) is 5.91 Å². The Morgan fingerprint density at radius 2 is 2.07 bits per heavy atom. The molecule has 28 heavy (non-hydrogen) atoms. The van der Waals surface area contributed by atoms with Gasteiger partial charge in [-0.05, 0) is 37.8 Å². The number of piperidine rings is 1. The Hall–Kier alpha value is -1.83. The molecule has 1 aromatic carbocycles. The van der Waals surface area contributed by atoms with E-state index in [-0.39, 0.29) is 30.4 Å². The van der Waals surface area contributed by atoms with Crippen molar-refractivity contribution < 1.29 is 14.3 Å². The zero-order valence-corrected chi connectivity index (χ0v) is 17.2. The third-order valence-corrected chi connectivity index (χ3v) is 5.15. The Morgan fingerprint density at radius 3 is 2.79 bits per heavy atom. The lowest BCUT2D eigenvalue weighted by molar-refractivity contribution is -0.134. The van der Waals surface area contributed by atoms with E-state index in [4.69, 9.17) is 4.74 Å². The SMILES string of the molecule is Cc1ccc(NC(=O)NCC2CCCN(C(=O)CC3COCCN3)C2)cc1.Cl. The van der Waals surface area contributed by atoms with Crippen molar-refractivity contribution in [3.05, 3.63) is 29.8 Å². The Morgan fingerprint density at radius 1 is 1.29 bits per heavy atom. The van der Waals surface area contributed by atoms with Gasteiger partial charge in [-0.1, -0.05) is 17.7 Å². The van der Waals surface area contributed by atoms with E-state index in [1.165, 1.54) is 0 Å². The normalized spacial score (nSPS) is 22.1. The van der Waals surface area contributed by atoms with Gasteiger partial charge in [-0.3, -0.25) is 4.79 Å². The van der Waals surface area contributed by atoms with Crippen LogP contribution in [-0.2, 0) is 9.53 Å². The lowest BCUT2D eigenvalue weighted by Gasteiger charge is -2.34. The van der Waals surface area contributed by atoms with Gasteiger partial charge in [0.05, 0.1) is 13.2 Å². The van der Waals surface area contributed by atoms with E-state index in [2.05, 4.69) is 16.0 Å². The summed E-state index contributed by atoms with van der Waals surface area (Å²) in [6, 6.07) is 7.62. The van der Waals surface area contributed by atoms with Crippen molar-refractivity contribution in [1.82, 2.24) is 15.5 Å². The third kappa shape index (κ3) is 6.96. The van der Waals surface area contributed by atoms with Gasteiger partial charge < -0.3 is 25.6 Å². The number of halogens is 1. The van der Waals surface area contributed by atoms with Crippen molar-refractivity contribution in [3.8, 4) is 0 Å². The Bertz CT molecular complexity index is 635. The summed E-state index contributed by atoms with van der Waals surface area (Å²) < 4.78 is 5.42. The topological polar surface area (TPSA) is 82.7 Å². The van der Waals surface area contributed by atoms with E-state index < -0.39 is 0 Å². The average Bonchev–Trinajstić information content (AvgIpc) is 2.69. The molecule has 2 saturated heterocycles. The van der Waals surface area contributed by atoms with Crippen LogP contribution in [0.25, 0.3) is 0 Å². The van der Waals surface area contributed by atoms with Crippen molar-refractivity contribution >= 4 is 30.0 Å². The monoisotopic (exact) mass is 410 g/mol. The number of likely N-dealkylation sites (tertiary alicyclic amines) is 1. The molecule has 2 atom stereocenters. The van der Waals surface area contributed by atoms with Crippen molar-refractivity contribution in [3.63, 3.8) is 0 Å². The summed E-state index contributed by atoms with van der Waals surface area (Å²) in [4.78, 5) is 26.6. The van der Waals surface area contributed by atoms with Gasteiger partial charge in [0.15, 0.2) is 0 Å². The number of carbonyl (C=O) groups excluding carboxylic acids is 2. The molecular formula is C20H31ClN4O3. The fourth-order valence-electron chi connectivity index (χ4n) is 3.60. The summed E-state index contributed by atoms with van der Waals surface area (Å²) in [7, 11) is 0. The van der Waals surface area contributed by atoms with Gasteiger partial charge in [-0.2, -0.15) is 0 Å². The first-order valence-electron chi connectivity index (χ1n) is 9.80. The number of ether oxygens (including phenoxy) is 1. The lowest BCUT2D eigenvalue weighted by atomic mass is 9.97. The maximum Gasteiger partial charge on any atom is 0.319 e. The number of nitrogens with zero attached hydrogens (tertiary/aromatic N) is 1. The first-order chi connectivity index (χ1) is 13.1. The molecule has 8 heteroatoms. The van der Waals surface area contributed by atoms with Crippen molar-refractivity contribution in [2.24, 2.45) is 5.92 Å². The van der Waals surface area contributed by atoms with Gasteiger partial charge in [0, 0.05) is 44.3 Å². The molecular weight excluding hydrogens is 380 g/mol. The van der Waals surface area contributed by atoms with Gasteiger partial charge in [0.1, 0.15) is 0 Å². The third-order valence-electron chi connectivity index (χ3n) is 5.15. The molecule has 2 aliphatic rings. The van der Waals surface area contributed by atoms with E-state index in [1.54, 1.807) is 0 Å². The van der Waals surface area contributed by atoms with Crippen LogP contribution in [-0.4, -0.2) is 62.3 Å². The highest BCUT2D eigenvalue weighted by molar-refractivity contribution is 5.89. The number of urea groups is 1. The molecule has 3 amide bonds. The number of benzene rings is 1. The maximum atomic E-state index is 12.5. The molecule has 3 N–H and O–H groups in total. The summed E-state index contributed by atoms with van der Waals surface area (Å²) in [5, 5.41) is 9.11. The van der Waals surface area contributed by atoms with Crippen molar-refractivity contribution in [2.75, 3.05) is 44.7 Å². The Kier molecular flexibility index (Phi) is 9.02.